The SMILES string of the molecule is CCC(CS(=O)(=O)C(C)(C)C)N1C(=O)[C@H](CC(=O)O)O[C@H](c2cccc(Cl)c2)[C@H]1c1ccc(Cl)cc1. The van der Waals surface area contributed by atoms with E-state index in [9.17, 15) is 23.1 Å². The van der Waals surface area contributed by atoms with Gasteiger partial charge in [0.2, 0.25) is 0 Å². The topological polar surface area (TPSA) is 101 Å². The molecule has 7 nitrogen and oxygen atoms in total. The van der Waals surface area contributed by atoms with Crippen LogP contribution in [-0.4, -0.2) is 52.9 Å². The molecule has 1 N–H and O–H groups in total. The van der Waals surface area contributed by atoms with E-state index in [1.807, 2.05) is 6.92 Å². The number of carbonyl (C=O) groups is 2. The normalized spacial score (nSPS) is 21.9. The van der Waals surface area contributed by atoms with Gasteiger partial charge in [0.15, 0.2) is 9.84 Å². The Hall–Kier alpha value is -2.13. The Morgan fingerprint density at radius 1 is 1.08 bits per heavy atom. The Labute approximate surface area is 222 Å². The van der Waals surface area contributed by atoms with Gasteiger partial charge in [-0.1, -0.05) is 54.4 Å². The molecule has 1 aliphatic heterocycles. The van der Waals surface area contributed by atoms with Crippen LogP contribution in [-0.2, 0) is 24.2 Å². The van der Waals surface area contributed by atoms with E-state index in [1.54, 1.807) is 69.3 Å². The molecule has 10 heteroatoms. The molecule has 1 aliphatic rings. The van der Waals surface area contributed by atoms with Gasteiger partial charge in [-0.15, -0.1) is 0 Å². The molecule has 1 heterocycles. The molecule has 0 radical (unpaired) electrons. The van der Waals surface area contributed by atoms with Crippen LogP contribution in [0.1, 0.15) is 63.8 Å². The number of benzene rings is 2. The van der Waals surface area contributed by atoms with Gasteiger partial charge in [0.1, 0.15) is 12.2 Å². The van der Waals surface area contributed by atoms with Crippen LogP contribution in [0.4, 0.5) is 0 Å². The zero-order chi connectivity index (χ0) is 26.8. The van der Waals surface area contributed by atoms with E-state index in [1.165, 1.54) is 4.90 Å². The molecule has 1 unspecified atom stereocenters. The third kappa shape index (κ3) is 6.22. The second-order valence-corrected chi connectivity index (χ2v) is 13.6. The van der Waals surface area contributed by atoms with Gasteiger partial charge >= 0.3 is 5.97 Å². The van der Waals surface area contributed by atoms with Crippen molar-refractivity contribution >= 4 is 44.9 Å². The molecule has 0 spiro atoms. The average Bonchev–Trinajstić information content (AvgIpc) is 2.78. The van der Waals surface area contributed by atoms with Crippen LogP contribution in [0.5, 0.6) is 0 Å². The van der Waals surface area contributed by atoms with Crippen molar-refractivity contribution in [1.82, 2.24) is 4.90 Å². The van der Waals surface area contributed by atoms with Crippen molar-refractivity contribution in [1.29, 1.82) is 0 Å². The number of rotatable bonds is 8. The molecule has 3 rings (SSSR count). The molecular formula is C26H31Cl2NO6S. The number of halogens is 2. The highest BCUT2D eigenvalue weighted by Crippen LogP contribution is 2.45. The number of carbonyl (C=O) groups excluding carboxylic acids is 1. The minimum atomic E-state index is -3.62. The fourth-order valence-electron chi connectivity index (χ4n) is 4.30. The van der Waals surface area contributed by atoms with Crippen molar-refractivity contribution in [3.05, 3.63) is 69.7 Å². The number of aliphatic carboxylic acids is 1. The molecule has 4 atom stereocenters. The first-order valence-corrected chi connectivity index (χ1v) is 14.1. The summed E-state index contributed by atoms with van der Waals surface area (Å²) in [5, 5.41) is 10.4. The Bertz CT molecular complexity index is 1210. The molecule has 196 valence electrons. The maximum atomic E-state index is 13.8. The van der Waals surface area contributed by atoms with Gasteiger partial charge < -0.3 is 14.7 Å². The molecule has 2 aromatic rings. The van der Waals surface area contributed by atoms with E-state index < -0.39 is 57.2 Å². The number of hydrogen-bond donors (Lipinski definition) is 1. The number of hydrogen-bond acceptors (Lipinski definition) is 5. The Morgan fingerprint density at radius 2 is 1.72 bits per heavy atom. The highest BCUT2D eigenvalue weighted by molar-refractivity contribution is 7.92. The van der Waals surface area contributed by atoms with Crippen LogP contribution in [0.25, 0.3) is 0 Å². The first kappa shape index (κ1) is 28.4. The van der Waals surface area contributed by atoms with Crippen molar-refractivity contribution in [2.24, 2.45) is 0 Å². The summed E-state index contributed by atoms with van der Waals surface area (Å²) in [5.41, 5.74) is 1.32. The number of morpholine rings is 1. The quantitative estimate of drug-likeness (QED) is 0.463. The maximum Gasteiger partial charge on any atom is 0.306 e. The summed E-state index contributed by atoms with van der Waals surface area (Å²) in [7, 11) is -3.62. The predicted molar refractivity (Wildman–Crippen MR) is 140 cm³/mol. The second kappa shape index (κ2) is 11.1. The summed E-state index contributed by atoms with van der Waals surface area (Å²) >= 11 is 12.4. The van der Waals surface area contributed by atoms with Crippen molar-refractivity contribution in [3.8, 4) is 0 Å². The zero-order valence-electron chi connectivity index (χ0n) is 20.6. The van der Waals surface area contributed by atoms with Gasteiger partial charge in [-0.2, -0.15) is 0 Å². The third-order valence-electron chi connectivity index (χ3n) is 6.39. The Kier molecular flexibility index (Phi) is 8.76. The summed E-state index contributed by atoms with van der Waals surface area (Å²) < 4.78 is 31.6. The summed E-state index contributed by atoms with van der Waals surface area (Å²) in [6.45, 7) is 6.67. The van der Waals surface area contributed by atoms with Crippen LogP contribution in [0.3, 0.4) is 0 Å². The average molecular weight is 557 g/mol. The lowest BCUT2D eigenvalue weighted by Gasteiger charge is -2.48. The van der Waals surface area contributed by atoms with Crippen molar-refractivity contribution in [2.45, 2.75) is 69.6 Å². The molecule has 0 aromatic heterocycles. The first-order valence-electron chi connectivity index (χ1n) is 11.7. The monoisotopic (exact) mass is 555 g/mol. The van der Waals surface area contributed by atoms with Gasteiger partial charge in [-0.3, -0.25) is 9.59 Å². The van der Waals surface area contributed by atoms with Gasteiger partial charge in [0.05, 0.1) is 23.0 Å². The first-order chi connectivity index (χ1) is 16.7. The van der Waals surface area contributed by atoms with E-state index >= 15 is 0 Å². The molecule has 1 amide bonds. The van der Waals surface area contributed by atoms with E-state index in [-0.39, 0.29) is 5.75 Å². The largest absolute Gasteiger partial charge is 0.481 e. The van der Waals surface area contributed by atoms with Crippen molar-refractivity contribution in [2.75, 3.05) is 5.75 Å². The number of sulfone groups is 1. The van der Waals surface area contributed by atoms with Gasteiger partial charge in [0.25, 0.3) is 5.91 Å². The lowest BCUT2D eigenvalue weighted by Crippen LogP contribution is -2.57. The van der Waals surface area contributed by atoms with Crippen LogP contribution >= 0.6 is 23.2 Å². The van der Waals surface area contributed by atoms with E-state index in [2.05, 4.69) is 0 Å². The molecule has 0 aliphatic carbocycles. The standard InChI is InChI=1S/C26H31Cl2NO6S/c1-5-20(15-36(33,34)26(2,3)4)29-23(16-9-11-18(27)12-10-16)24(17-7-6-8-19(28)13-17)35-21(25(29)32)14-22(30)31/h6-13,20-21,23-24H,5,14-15H2,1-4H3,(H,30,31)/t20?,21-,23+,24+/m0/s1. The molecule has 0 bridgehead atoms. The molecule has 1 fully saturated rings. The summed E-state index contributed by atoms with van der Waals surface area (Å²) in [5.74, 6) is -2.03. The van der Waals surface area contributed by atoms with Gasteiger partial charge in [-0.05, 0) is 62.6 Å². The predicted octanol–water partition coefficient (Wildman–Crippen LogP) is 5.47. The zero-order valence-corrected chi connectivity index (χ0v) is 23.0. The van der Waals surface area contributed by atoms with Crippen LogP contribution in [0.15, 0.2) is 48.5 Å². The van der Waals surface area contributed by atoms with Gasteiger partial charge in [0, 0.05) is 16.1 Å². The number of ether oxygens (including phenoxy) is 1. The lowest BCUT2D eigenvalue weighted by atomic mass is 9.89. The Morgan fingerprint density at radius 3 is 2.25 bits per heavy atom. The van der Waals surface area contributed by atoms with Crippen LogP contribution in [0, 0.1) is 0 Å². The smallest absolute Gasteiger partial charge is 0.306 e. The summed E-state index contributed by atoms with van der Waals surface area (Å²) in [4.78, 5) is 26.9. The number of amides is 1. The Balaban J connectivity index is 2.21. The van der Waals surface area contributed by atoms with Crippen LogP contribution in [0.2, 0.25) is 10.0 Å². The highest BCUT2D eigenvalue weighted by atomic mass is 35.5. The number of nitrogens with zero attached hydrogens (tertiary/aromatic N) is 1. The van der Waals surface area contributed by atoms with E-state index in [0.717, 1.165) is 0 Å². The summed E-state index contributed by atoms with van der Waals surface area (Å²) in [6, 6.07) is 12.4. The molecular weight excluding hydrogens is 525 g/mol. The molecule has 2 aromatic carbocycles. The van der Waals surface area contributed by atoms with Crippen molar-refractivity contribution in [3.63, 3.8) is 0 Å². The maximum absolute atomic E-state index is 13.8. The molecule has 1 saturated heterocycles. The fraction of sp³-hybridized carbons (Fsp3) is 0.462. The van der Waals surface area contributed by atoms with Gasteiger partial charge in [-0.25, -0.2) is 8.42 Å². The lowest BCUT2D eigenvalue weighted by molar-refractivity contribution is -0.182. The minimum absolute atomic E-state index is 0.273. The fourth-order valence-corrected chi connectivity index (χ4v) is 6.03. The minimum Gasteiger partial charge on any atom is -0.481 e. The highest BCUT2D eigenvalue weighted by Gasteiger charge is 2.48. The second-order valence-electron chi connectivity index (χ2n) is 9.90. The number of carboxylic acid groups (broad SMARTS) is 1. The molecule has 36 heavy (non-hydrogen) atoms. The van der Waals surface area contributed by atoms with Crippen molar-refractivity contribution < 1.29 is 27.9 Å². The molecule has 0 saturated carbocycles. The summed E-state index contributed by atoms with van der Waals surface area (Å²) in [6.07, 6.45) is -2.30. The number of carboxylic acids is 1. The van der Waals surface area contributed by atoms with E-state index in [0.29, 0.717) is 27.6 Å². The third-order valence-corrected chi connectivity index (χ3v) is 9.56. The van der Waals surface area contributed by atoms with E-state index in [4.69, 9.17) is 27.9 Å². The van der Waals surface area contributed by atoms with Crippen LogP contribution < -0.4 is 0 Å².